The Balaban J connectivity index is 2.10. The molecule has 1 amide bonds. The molecule has 0 aliphatic carbocycles. The summed E-state index contributed by atoms with van der Waals surface area (Å²) in [6.45, 7) is 0.425. The van der Waals surface area contributed by atoms with E-state index in [4.69, 9.17) is 4.74 Å². The summed E-state index contributed by atoms with van der Waals surface area (Å²) in [5.74, 6) is 0.575. The minimum absolute atomic E-state index is 0.0292. The highest BCUT2D eigenvalue weighted by atomic mass is 32.2. The molecule has 0 unspecified atom stereocenters. The molecule has 6 heteroatoms. The summed E-state index contributed by atoms with van der Waals surface area (Å²) < 4.78 is 27.9. The van der Waals surface area contributed by atoms with Crippen molar-refractivity contribution < 1.29 is 17.9 Å². The van der Waals surface area contributed by atoms with Gasteiger partial charge in [0.25, 0.3) is 5.91 Å². The molecule has 0 aliphatic heterocycles. The molecule has 5 nitrogen and oxygen atoms in total. The third-order valence-corrected chi connectivity index (χ3v) is 4.43. The smallest absolute Gasteiger partial charge is 0.253 e. The molecule has 0 bridgehead atoms. The van der Waals surface area contributed by atoms with E-state index in [1.165, 1.54) is 6.26 Å². The number of rotatable bonds is 6. The lowest BCUT2D eigenvalue weighted by Crippen LogP contribution is -2.26. The molecule has 0 radical (unpaired) electrons. The topological polar surface area (TPSA) is 63.7 Å². The van der Waals surface area contributed by atoms with Crippen LogP contribution in [0.1, 0.15) is 21.5 Å². The van der Waals surface area contributed by atoms with E-state index in [9.17, 15) is 13.2 Å². The molecule has 0 spiro atoms. The summed E-state index contributed by atoms with van der Waals surface area (Å²) in [5.41, 5.74) is 2.11. The second kappa shape index (κ2) is 7.49. The Bertz CT molecular complexity index is 813. The summed E-state index contributed by atoms with van der Waals surface area (Å²) in [6, 6.07) is 14.2. The molecule has 0 aliphatic rings. The van der Waals surface area contributed by atoms with Crippen molar-refractivity contribution in [3.8, 4) is 5.75 Å². The minimum Gasteiger partial charge on any atom is -0.496 e. The lowest BCUT2D eigenvalue weighted by atomic mass is 10.1. The molecule has 2 rings (SSSR count). The van der Waals surface area contributed by atoms with Crippen molar-refractivity contribution in [3.63, 3.8) is 0 Å². The Morgan fingerprint density at radius 3 is 2.29 bits per heavy atom. The van der Waals surface area contributed by atoms with Crippen LogP contribution in [0.5, 0.6) is 5.75 Å². The van der Waals surface area contributed by atoms with Gasteiger partial charge < -0.3 is 9.64 Å². The average Bonchev–Trinajstić information content (AvgIpc) is 2.54. The van der Waals surface area contributed by atoms with Gasteiger partial charge in [-0.1, -0.05) is 30.3 Å². The molecular weight excluding hydrogens is 326 g/mol. The van der Waals surface area contributed by atoms with E-state index in [-0.39, 0.29) is 11.7 Å². The van der Waals surface area contributed by atoms with Crippen molar-refractivity contribution in [2.45, 2.75) is 12.3 Å². The van der Waals surface area contributed by atoms with E-state index in [0.29, 0.717) is 17.7 Å². The Morgan fingerprint density at radius 1 is 1.08 bits per heavy atom. The first-order valence-electron chi connectivity index (χ1n) is 7.44. The normalized spacial score (nSPS) is 11.1. The molecule has 0 saturated carbocycles. The molecule has 0 saturated heterocycles. The van der Waals surface area contributed by atoms with E-state index in [0.717, 1.165) is 11.3 Å². The van der Waals surface area contributed by atoms with Crippen molar-refractivity contribution in [1.82, 2.24) is 4.90 Å². The van der Waals surface area contributed by atoms with E-state index >= 15 is 0 Å². The van der Waals surface area contributed by atoms with Crippen LogP contribution in [0.15, 0.2) is 48.5 Å². The summed E-state index contributed by atoms with van der Waals surface area (Å²) >= 11 is 0. The highest BCUT2D eigenvalue weighted by Gasteiger charge is 2.14. The van der Waals surface area contributed by atoms with Crippen LogP contribution in [0.25, 0.3) is 0 Å². The van der Waals surface area contributed by atoms with Gasteiger partial charge >= 0.3 is 0 Å². The lowest BCUT2D eigenvalue weighted by Gasteiger charge is -2.19. The van der Waals surface area contributed by atoms with Crippen LogP contribution >= 0.6 is 0 Å². The average molecular weight is 347 g/mol. The van der Waals surface area contributed by atoms with Crippen molar-refractivity contribution in [3.05, 3.63) is 65.2 Å². The third-order valence-electron chi connectivity index (χ3n) is 3.58. The van der Waals surface area contributed by atoms with Crippen molar-refractivity contribution >= 4 is 15.7 Å². The van der Waals surface area contributed by atoms with Gasteiger partial charge in [0.2, 0.25) is 0 Å². The van der Waals surface area contributed by atoms with Gasteiger partial charge in [-0.05, 0) is 23.8 Å². The fourth-order valence-corrected chi connectivity index (χ4v) is 3.23. The Labute approximate surface area is 142 Å². The number of carbonyl (C=O) groups excluding carboxylic acids is 1. The molecule has 2 aromatic carbocycles. The zero-order valence-corrected chi connectivity index (χ0v) is 14.8. The van der Waals surface area contributed by atoms with Crippen LogP contribution in [0, 0.1) is 0 Å². The summed E-state index contributed by atoms with van der Waals surface area (Å²) in [4.78, 5) is 14.1. The predicted octanol–water partition coefficient (Wildman–Crippen LogP) is 2.51. The van der Waals surface area contributed by atoms with Crippen molar-refractivity contribution in [2.24, 2.45) is 0 Å². The van der Waals surface area contributed by atoms with Gasteiger partial charge in [-0.2, -0.15) is 0 Å². The first-order chi connectivity index (χ1) is 11.3. The largest absolute Gasteiger partial charge is 0.496 e. The monoisotopic (exact) mass is 347 g/mol. The zero-order chi connectivity index (χ0) is 17.7. The SMILES string of the molecule is COc1ccccc1CN(C)C(=O)c1ccc(CS(C)(=O)=O)cc1. The van der Waals surface area contributed by atoms with Gasteiger partial charge in [0.15, 0.2) is 9.84 Å². The Morgan fingerprint density at radius 2 is 1.71 bits per heavy atom. The molecule has 2 aromatic rings. The second-order valence-corrected chi connectivity index (χ2v) is 7.88. The maximum atomic E-state index is 12.5. The van der Waals surface area contributed by atoms with Gasteiger partial charge in [-0.3, -0.25) is 4.79 Å². The number of hydrogen-bond acceptors (Lipinski definition) is 4. The molecule has 128 valence electrons. The van der Waals surface area contributed by atoms with E-state index < -0.39 is 9.84 Å². The summed E-state index contributed by atoms with van der Waals surface area (Å²) in [5, 5.41) is 0. The number of sulfone groups is 1. The van der Waals surface area contributed by atoms with Crippen molar-refractivity contribution in [2.75, 3.05) is 20.4 Å². The molecular formula is C18H21NO4S. The van der Waals surface area contributed by atoms with E-state index in [1.807, 2.05) is 24.3 Å². The van der Waals surface area contributed by atoms with Crippen LogP contribution < -0.4 is 4.74 Å². The van der Waals surface area contributed by atoms with E-state index in [2.05, 4.69) is 0 Å². The Kier molecular flexibility index (Phi) is 5.62. The van der Waals surface area contributed by atoms with Gasteiger partial charge in [-0.25, -0.2) is 8.42 Å². The predicted molar refractivity (Wildman–Crippen MR) is 93.8 cm³/mol. The molecule has 0 atom stereocenters. The van der Waals surface area contributed by atoms with Gasteiger partial charge in [-0.15, -0.1) is 0 Å². The van der Waals surface area contributed by atoms with Crippen LogP contribution in [-0.2, 0) is 22.1 Å². The number of ether oxygens (including phenoxy) is 1. The summed E-state index contributed by atoms with van der Waals surface area (Å²) in [6.07, 6.45) is 1.19. The molecule has 0 aromatic heterocycles. The maximum absolute atomic E-state index is 12.5. The Hall–Kier alpha value is -2.34. The quantitative estimate of drug-likeness (QED) is 0.805. The molecule has 0 N–H and O–H groups in total. The number of methoxy groups -OCH3 is 1. The highest BCUT2D eigenvalue weighted by molar-refractivity contribution is 7.89. The molecule has 0 heterocycles. The first kappa shape index (κ1) is 18.0. The fourth-order valence-electron chi connectivity index (χ4n) is 2.43. The fraction of sp³-hybridized carbons (Fsp3) is 0.278. The lowest BCUT2D eigenvalue weighted by molar-refractivity contribution is 0.0784. The van der Waals surface area contributed by atoms with Gasteiger partial charge in [0.1, 0.15) is 5.75 Å². The number of nitrogens with zero attached hydrogens (tertiary/aromatic N) is 1. The van der Waals surface area contributed by atoms with Crippen LogP contribution in [-0.4, -0.2) is 39.6 Å². The number of amides is 1. The number of hydrogen-bond donors (Lipinski definition) is 0. The van der Waals surface area contributed by atoms with Gasteiger partial charge in [0.05, 0.1) is 12.9 Å². The number of benzene rings is 2. The maximum Gasteiger partial charge on any atom is 0.253 e. The van der Waals surface area contributed by atoms with E-state index in [1.54, 1.807) is 43.3 Å². The first-order valence-corrected chi connectivity index (χ1v) is 9.50. The second-order valence-electron chi connectivity index (χ2n) is 5.74. The standard InChI is InChI=1S/C18H21NO4S/c1-19(12-16-6-4-5-7-17(16)23-2)18(20)15-10-8-14(9-11-15)13-24(3,21)22/h4-11H,12-13H2,1-3H3. The number of para-hydroxylation sites is 1. The summed E-state index contributed by atoms with van der Waals surface area (Å²) in [7, 11) is 0.236. The van der Waals surface area contributed by atoms with Crippen LogP contribution in [0.4, 0.5) is 0 Å². The van der Waals surface area contributed by atoms with Gasteiger partial charge in [0, 0.05) is 31.0 Å². The van der Waals surface area contributed by atoms with Crippen LogP contribution in [0.3, 0.4) is 0 Å². The third kappa shape index (κ3) is 4.83. The van der Waals surface area contributed by atoms with Crippen molar-refractivity contribution in [1.29, 1.82) is 0 Å². The zero-order valence-electron chi connectivity index (χ0n) is 14.0. The minimum atomic E-state index is -3.08. The molecule has 24 heavy (non-hydrogen) atoms. The van der Waals surface area contributed by atoms with Crippen LogP contribution in [0.2, 0.25) is 0 Å². The highest BCUT2D eigenvalue weighted by Crippen LogP contribution is 2.19. The molecule has 0 fully saturated rings. The number of carbonyl (C=O) groups is 1.